The lowest BCUT2D eigenvalue weighted by atomic mass is 10.0. The summed E-state index contributed by atoms with van der Waals surface area (Å²) < 4.78 is 13.4. The lowest BCUT2D eigenvalue weighted by Crippen LogP contribution is -2.50. The largest absolute Gasteiger partial charge is 0.311 e. The molecule has 3 aromatic carbocycles. The van der Waals surface area contributed by atoms with Crippen LogP contribution in [0.15, 0.2) is 66.7 Å². The van der Waals surface area contributed by atoms with E-state index in [2.05, 4.69) is 0 Å². The summed E-state index contributed by atoms with van der Waals surface area (Å²) in [5.41, 5.74) is 3.95. The summed E-state index contributed by atoms with van der Waals surface area (Å²) in [5.74, 6) is -0.00790. The Kier molecular flexibility index (Phi) is 5.22. The maximum atomic E-state index is 14.0. The average Bonchev–Trinajstić information content (AvgIpc) is 3.32. The third-order valence-electron chi connectivity index (χ3n) is 5.94. The van der Waals surface area contributed by atoms with E-state index in [1.165, 1.54) is 23.9 Å². The standard InChI is InChI=1S/C25H20ClFN2O2S/c1-16-2-11-22-21(14-16)25(24(31)28(22)15-17-3-9-20(27)10-4-17)29(12-13-32-25)23(30)18-5-7-19(26)8-6-18/h2-11,14H,12-13,15H2,1H3/t25-/m0/s1. The number of carbonyl (C=O) groups is 2. The Balaban J connectivity index is 1.58. The molecular formula is C25H20ClFN2O2S. The van der Waals surface area contributed by atoms with Crippen LogP contribution in [0.1, 0.15) is 27.0 Å². The van der Waals surface area contributed by atoms with Crippen molar-refractivity contribution in [3.05, 3.63) is 99.8 Å². The SMILES string of the molecule is Cc1ccc2c(c1)[C@]1(SCCN1C(=O)c1ccc(Cl)cc1)C(=O)N2Cc1ccc(F)cc1. The van der Waals surface area contributed by atoms with Gasteiger partial charge < -0.3 is 9.80 Å². The van der Waals surface area contributed by atoms with Crippen LogP contribution >= 0.6 is 23.4 Å². The van der Waals surface area contributed by atoms with Gasteiger partial charge in [0.15, 0.2) is 4.87 Å². The zero-order valence-corrected chi connectivity index (χ0v) is 18.9. The molecule has 7 heteroatoms. The minimum atomic E-state index is -1.11. The Bertz CT molecular complexity index is 1220. The number of thioether (sulfide) groups is 1. The van der Waals surface area contributed by atoms with Crippen LogP contribution in [-0.4, -0.2) is 29.0 Å². The predicted octanol–water partition coefficient (Wildman–Crippen LogP) is 5.38. The first-order valence-electron chi connectivity index (χ1n) is 10.3. The van der Waals surface area contributed by atoms with E-state index in [1.54, 1.807) is 46.2 Å². The second-order valence-electron chi connectivity index (χ2n) is 7.99. The van der Waals surface area contributed by atoms with E-state index in [-0.39, 0.29) is 17.6 Å². The van der Waals surface area contributed by atoms with Gasteiger partial charge in [0.2, 0.25) is 0 Å². The molecule has 2 aliphatic heterocycles. The first kappa shape index (κ1) is 21.0. The minimum absolute atomic E-state index is 0.146. The van der Waals surface area contributed by atoms with Gasteiger partial charge in [-0.3, -0.25) is 9.59 Å². The fourth-order valence-electron chi connectivity index (χ4n) is 4.41. The minimum Gasteiger partial charge on any atom is -0.311 e. The van der Waals surface area contributed by atoms with Crippen molar-refractivity contribution in [2.75, 3.05) is 17.2 Å². The van der Waals surface area contributed by atoms with Gasteiger partial charge in [0, 0.05) is 28.4 Å². The molecule has 162 valence electrons. The molecule has 1 spiro atoms. The molecule has 32 heavy (non-hydrogen) atoms. The molecule has 0 aliphatic carbocycles. The lowest BCUT2D eigenvalue weighted by Gasteiger charge is -2.33. The van der Waals surface area contributed by atoms with Crippen molar-refractivity contribution in [1.29, 1.82) is 0 Å². The van der Waals surface area contributed by atoms with Gasteiger partial charge in [0.25, 0.3) is 11.8 Å². The first-order chi connectivity index (χ1) is 15.4. The average molecular weight is 467 g/mol. The fourth-order valence-corrected chi connectivity index (χ4v) is 5.98. The van der Waals surface area contributed by atoms with E-state index in [0.717, 1.165) is 22.4 Å². The first-order valence-corrected chi connectivity index (χ1v) is 11.7. The van der Waals surface area contributed by atoms with Crippen molar-refractivity contribution in [2.24, 2.45) is 0 Å². The summed E-state index contributed by atoms with van der Waals surface area (Å²) in [5, 5.41) is 0.551. The molecule has 0 radical (unpaired) electrons. The molecule has 0 N–H and O–H groups in total. The molecular weight excluding hydrogens is 447 g/mol. The number of amides is 2. The summed E-state index contributed by atoms with van der Waals surface area (Å²) in [7, 11) is 0. The fraction of sp³-hybridized carbons (Fsp3) is 0.200. The molecule has 4 nitrogen and oxygen atoms in total. The number of anilines is 1. The van der Waals surface area contributed by atoms with E-state index in [0.29, 0.717) is 29.4 Å². The van der Waals surface area contributed by atoms with Gasteiger partial charge >= 0.3 is 0 Å². The zero-order valence-electron chi connectivity index (χ0n) is 17.3. The molecule has 0 aromatic heterocycles. The number of fused-ring (bicyclic) bond motifs is 2. The Morgan fingerprint density at radius 2 is 1.81 bits per heavy atom. The second-order valence-corrected chi connectivity index (χ2v) is 9.72. The van der Waals surface area contributed by atoms with Crippen molar-refractivity contribution < 1.29 is 14.0 Å². The zero-order chi connectivity index (χ0) is 22.5. The van der Waals surface area contributed by atoms with Crippen LogP contribution in [0.2, 0.25) is 5.02 Å². The van der Waals surface area contributed by atoms with E-state index >= 15 is 0 Å². The quantitative estimate of drug-likeness (QED) is 0.520. The maximum Gasteiger partial charge on any atom is 0.268 e. The van der Waals surface area contributed by atoms with Gasteiger partial charge in [-0.25, -0.2) is 4.39 Å². The van der Waals surface area contributed by atoms with Crippen LogP contribution in [0.5, 0.6) is 0 Å². The predicted molar refractivity (Wildman–Crippen MR) is 125 cm³/mol. The van der Waals surface area contributed by atoms with E-state index in [9.17, 15) is 14.0 Å². The highest BCUT2D eigenvalue weighted by Crippen LogP contribution is 2.55. The Hall–Kier alpha value is -2.83. The summed E-state index contributed by atoms with van der Waals surface area (Å²) in [6.45, 7) is 2.75. The number of hydrogen-bond donors (Lipinski definition) is 0. The van der Waals surface area contributed by atoms with Crippen molar-refractivity contribution in [3.8, 4) is 0 Å². The van der Waals surface area contributed by atoms with Gasteiger partial charge in [-0.05, 0) is 55.0 Å². The van der Waals surface area contributed by atoms with E-state index < -0.39 is 4.87 Å². The summed E-state index contributed by atoms with van der Waals surface area (Å²) in [4.78, 5) is 29.8. The number of hydrogen-bond acceptors (Lipinski definition) is 3. The number of rotatable bonds is 3. The van der Waals surface area contributed by atoms with Gasteiger partial charge in [-0.1, -0.05) is 41.4 Å². The molecule has 0 unspecified atom stereocenters. The number of aryl methyl sites for hydroxylation is 1. The molecule has 2 aliphatic rings. The van der Waals surface area contributed by atoms with E-state index in [4.69, 9.17) is 11.6 Å². The molecule has 1 saturated heterocycles. The van der Waals surface area contributed by atoms with Crippen molar-refractivity contribution in [1.82, 2.24) is 4.90 Å². The Morgan fingerprint density at radius 1 is 1.09 bits per heavy atom. The van der Waals surface area contributed by atoms with E-state index in [1.807, 2.05) is 25.1 Å². The molecule has 5 rings (SSSR count). The Labute approximate surface area is 195 Å². The normalized spacial score (nSPS) is 19.7. The number of carbonyl (C=O) groups excluding carboxylic acids is 2. The number of benzene rings is 3. The van der Waals surface area contributed by atoms with Crippen molar-refractivity contribution in [3.63, 3.8) is 0 Å². The third kappa shape index (κ3) is 3.29. The van der Waals surface area contributed by atoms with Crippen LogP contribution < -0.4 is 4.90 Å². The van der Waals surface area contributed by atoms with Crippen molar-refractivity contribution >= 4 is 40.9 Å². The smallest absolute Gasteiger partial charge is 0.268 e. The van der Waals surface area contributed by atoms with Crippen LogP contribution in [0.25, 0.3) is 0 Å². The highest BCUT2D eigenvalue weighted by molar-refractivity contribution is 8.01. The van der Waals surface area contributed by atoms with Gasteiger partial charge in [-0.2, -0.15) is 0 Å². The molecule has 0 saturated carbocycles. The number of halogens is 2. The summed E-state index contributed by atoms with van der Waals surface area (Å²) in [6.07, 6.45) is 0. The monoisotopic (exact) mass is 466 g/mol. The topological polar surface area (TPSA) is 40.6 Å². The van der Waals surface area contributed by atoms with Crippen LogP contribution in [0.3, 0.4) is 0 Å². The molecule has 3 aromatic rings. The summed E-state index contributed by atoms with van der Waals surface area (Å²) >= 11 is 7.49. The highest BCUT2D eigenvalue weighted by atomic mass is 35.5. The number of nitrogens with zero attached hydrogens (tertiary/aromatic N) is 2. The van der Waals surface area contributed by atoms with Crippen molar-refractivity contribution in [2.45, 2.75) is 18.3 Å². The van der Waals surface area contributed by atoms with Crippen LogP contribution in [0.4, 0.5) is 10.1 Å². The summed E-state index contributed by atoms with van der Waals surface area (Å²) in [6, 6.07) is 18.8. The van der Waals surface area contributed by atoms with Gasteiger partial charge in [-0.15, -0.1) is 11.8 Å². The van der Waals surface area contributed by atoms with Crippen LogP contribution in [0, 0.1) is 12.7 Å². The van der Waals surface area contributed by atoms with Gasteiger partial charge in [0.05, 0.1) is 12.2 Å². The lowest BCUT2D eigenvalue weighted by molar-refractivity contribution is -0.123. The second kappa shape index (κ2) is 7.94. The molecule has 0 bridgehead atoms. The Morgan fingerprint density at radius 3 is 2.53 bits per heavy atom. The van der Waals surface area contributed by atoms with Gasteiger partial charge in [0.1, 0.15) is 5.82 Å². The molecule has 2 amide bonds. The maximum absolute atomic E-state index is 14.0. The third-order valence-corrected chi connectivity index (χ3v) is 7.61. The molecule has 1 atom stereocenters. The van der Waals surface area contributed by atoms with Crippen LogP contribution in [-0.2, 0) is 16.2 Å². The molecule has 1 fully saturated rings. The molecule has 2 heterocycles. The highest BCUT2D eigenvalue weighted by Gasteiger charge is 2.59.